The van der Waals surface area contributed by atoms with Gasteiger partial charge in [-0.05, 0) is 68.1 Å². The second kappa shape index (κ2) is 7.08. The molecule has 33 heavy (non-hydrogen) atoms. The van der Waals surface area contributed by atoms with Crippen LogP contribution in [0, 0.1) is 0 Å². The zero-order valence-electron chi connectivity index (χ0n) is 18.0. The molecular formula is C32H20O. The van der Waals surface area contributed by atoms with Crippen LogP contribution in [0.3, 0.4) is 0 Å². The van der Waals surface area contributed by atoms with E-state index in [9.17, 15) is 0 Å². The molecule has 0 amide bonds. The lowest BCUT2D eigenvalue weighted by atomic mass is 9.95. The van der Waals surface area contributed by atoms with Crippen LogP contribution >= 0.6 is 0 Å². The molecule has 0 saturated carbocycles. The van der Waals surface area contributed by atoms with E-state index in [0.29, 0.717) is 0 Å². The highest BCUT2D eigenvalue weighted by Crippen LogP contribution is 2.37. The molecule has 0 aliphatic heterocycles. The predicted octanol–water partition coefficient (Wildman–Crippen LogP) is 9.23. The van der Waals surface area contributed by atoms with Gasteiger partial charge in [-0.1, -0.05) is 97.1 Å². The molecule has 0 bridgehead atoms. The van der Waals surface area contributed by atoms with Crippen LogP contribution < -0.4 is 0 Å². The van der Waals surface area contributed by atoms with Gasteiger partial charge in [0, 0.05) is 10.8 Å². The third-order valence-electron chi connectivity index (χ3n) is 6.67. The summed E-state index contributed by atoms with van der Waals surface area (Å²) in [7, 11) is 0. The van der Waals surface area contributed by atoms with E-state index in [2.05, 4.69) is 121 Å². The molecule has 0 fully saturated rings. The normalized spacial score (nSPS) is 11.6. The molecule has 7 aromatic rings. The van der Waals surface area contributed by atoms with Gasteiger partial charge in [0.1, 0.15) is 11.2 Å². The molecule has 1 heterocycles. The van der Waals surface area contributed by atoms with Crippen molar-refractivity contribution in [2.75, 3.05) is 0 Å². The maximum absolute atomic E-state index is 6.21. The van der Waals surface area contributed by atoms with Gasteiger partial charge in [-0.15, -0.1) is 0 Å². The van der Waals surface area contributed by atoms with Gasteiger partial charge in [0.15, 0.2) is 0 Å². The highest BCUT2D eigenvalue weighted by Gasteiger charge is 2.12. The van der Waals surface area contributed by atoms with Gasteiger partial charge in [0.25, 0.3) is 0 Å². The molecule has 0 radical (unpaired) electrons. The van der Waals surface area contributed by atoms with E-state index in [1.807, 2.05) is 0 Å². The third-order valence-corrected chi connectivity index (χ3v) is 6.67. The average molecular weight is 421 g/mol. The van der Waals surface area contributed by atoms with Crippen LogP contribution in [-0.2, 0) is 0 Å². The van der Waals surface area contributed by atoms with E-state index in [0.717, 1.165) is 21.9 Å². The molecule has 0 unspecified atom stereocenters. The number of rotatable bonds is 2. The Hall–Kier alpha value is -4.36. The first-order valence-corrected chi connectivity index (χ1v) is 11.3. The largest absolute Gasteiger partial charge is 0.456 e. The summed E-state index contributed by atoms with van der Waals surface area (Å²) in [6.07, 6.45) is 0. The summed E-state index contributed by atoms with van der Waals surface area (Å²) >= 11 is 0. The van der Waals surface area contributed by atoms with E-state index in [1.165, 1.54) is 43.8 Å². The van der Waals surface area contributed by atoms with Crippen LogP contribution in [0.5, 0.6) is 0 Å². The summed E-state index contributed by atoms with van der Waals surface area (Å²) in [6, 6.07) is 43.2. The number of fused-ring (bicyclic) bond motifs is 5. The standard InChI is InChI=1S/C32H20O/c1-3-11-25-21(7-1)9-5-13-27(25)23-15-17-31-29(19-23)30-20-24(16-18-32(30)33-31)28-14-6-10-22-8-2-4-12-26(22)28/h1-20H. The van der Waals surface area contributed by atoms with Crippen LogP contribution in [-0.4, -0.2) is 0 Å². The van der Waals surface area contributed by atoms with Crippen molar-refractivity contribution in [3.63, 3.8) is 0 Å². The van der Waals surface area contributed by atoms with Gasteiger partial charge in [0.2, 0.25) is 0 Å². The minimum atomic E-state index is 0.920. The number of benzene rings is 6. The van der Waals surface area contributed by atoms with Crippen LogP contribution in [0.25, 0.3) is 65.7 Å². The maximum atomic E-state index is 6.21. The second-order valence-electron chi connectivity index (χ2n) is 8.58. The van der Waals surface area contributed by atoms with Gasteiger partial charge >= 0.3 is 0 Å². The van der Waals surface area contributed by atoms with Crippen molar-refractivity contribution in [1.29, 1.82) is 0 Å². The summed E-state index contributed by atoms with van der Waals surface area (Å²) in [5, 5.41) is 7.35. The molecule has 1 nitrogen and oxygen atoms in total. The maximum Gasteiger partial charge on any atom is 0.135 e. The highest BCUT2D eigenvalue weighted by molar-refractivity contribution is 6.09. The van der Waals surface area contributed by atoms with Crippen molar-refractivity contribution < 1.29 is 4.42 Å². The van der Waals surface area contributed by atoms with E-state index < -0.39 is 0 Å². The van der Waals surface area contributed by atoms with Crippen LogP contribution in [0.1, 0.15) is 0 Å². The van der Waals surface area contributed by atoms with Gasteiger partial charge in [-0.25, -0.2) is 0 Å². The smallest absolute Gasteiger partial charge is 0.135 e. The Morgan fingerprint density at radius 1 is 0.364 bits per heavy atom. The summed E-state index contributed by atoms with van der Waals surface area (Å²) in [6.45, 7) is 0. The van der Waals surface area contributed by atoms with E-state index in [-0.39, 0.29) is 0 Å². The molecule has 0 N–H and O–H groups in total. The fourth-order valence-electron chi connectivity index (χ4n) is 5.07. The SMILES string of the molecule is c1ccc2c(-c3ccc4oc5ccc(-c6cccc7ccccc67)cc5c4c3)cccc2c1. The molecule has 0 aliphatic carbocycles. The fraction of sp³-hybridized carbons (Fsp3) is 0. The minimum absolute atomic E-state index is 0.920. The first-order chi connectivity index (χ1) is 16.3. The highest BCUT2D eigenvalue weighted by atomic mass is 16.3. The van der Waals surface area contributed by atoms with E-state index in [1.54, 1.807) is 0 Å². The Morgan fingerprint density at radius 3 is 1.33 bits per heavy atom. The molecule has 6 aromatic carbocycles. The van der Waals surface area contributed by atoms with Crippen molar-refractivity contribution in [3.05, 3.63) is 121 Å². The van der Waals surface area contributed by atoms with E-state index >= 15 is 0 Å². The van der Waals surface area contributed by atoms with Crippen LogP contribution in [0.2, 0.25) is 0 Å². The van der Waals surface area contributed by atoms with Gasteiger partial charge in [-0.3, -0.25) is 0 Å². The first kappa shape index (κ1) is 18.2. The second-order valence-corrected chi connectivity index (χ2v) is 8.58. The molecule has 0 spiro atoms. The van der Waals surface area contributed by atoms with Crippen molar-refractivity contribution in [2.45, 2.75) is 0 Å². The van der Waals surface area contributed by atoms with Crippen LogP contribution in [0.15, 0.2) is 126 Å². The summed E-state index contributed by atoms with van der Waals surface area (Å²) in [5.74, 6) is 0. The molecular weight excluding hydrogens is 400 g/mol. The summed E-state index contributed by atoms with van der Waals surface area (Å²) in [5.41, 5.74) is 6.74. The summed E-state index contributed by atoms with van der Waals surface area (Å²) < 4.78 is 6.21. The number of hydrogen-bond donors (Lipinski definition) is 0. The summed E-state index contributed by atoms with van der Waals surface area (Å²) in [4.78, 5) is 0. The minimum Gasteiger partial charge on any atom is -0.456 e. The topological polar surface area (TPSA) is 13.1 Å². The molecule has 1 heteroatoms. The Bertz CT molecular complexity index is 1680. The van der Waals surface area contributed by atoms with Crippen molar-refractivity contribution >= 4 is 43.5 Å². The zero-order valence-corrected chi connectivity index (χ0v) is 18.0. The Kier molecular flexibility index (Phi) is 3.91. The Morgan fingerprint density at radius 2 is 0.818 bits per heavy atom. The lowest BCUT2D eigenvalue weighted by molar-refractivity contribution is 0.669. The lowest BCUT2D eigenvalue weighted by Crippen LogP contribution is -1.82. The lowest BCUT2D eigenvalue weighted by Gasteiger charge is -2.08. The third kappa shape index (κ3) is 2.86. The fourth-order valence-corrected chi connectivity index (χ4v) is 5.07. The van der Waals surface area contributed by atoms with E-state index in [4.69, 9.17) is 4.42 Å². The average Bonchev–Trinajstić information content (AvgIpc) is 3.25. The molecule has 1 aromatic heterocycles. The molecule has 0 saturated heterocycles. The van der Waals surface area contributed by atoms with Crippen molar-refractivity contribution in [2.24, 2.45) is 0 Å². The Balaban J connectivity index is 1.46. The molecule has 7 rings (SSSR count). The van der Waals surface area contributed by atoms with Gasteiger partial charge in [0.05, 0.1) is 0 Å². The Labute approximate surface area is 191 Å². The zero-order chi connectivity index (χ0) is 21.8. The van der Waals surface area contributed by atoms with Gasteiger partial charge < -0.3 is 4.42 Å². The number of furan rings is 1. The monoisotopic (exact) mass is 420 g/mol. The number of hydrogen-bond acceptors (Lipinski definition) is 1. The van der Waals surface area contributed by atoms with Crippen molar-refractivity contribution in [1.82, 2.24) is 0 Å². The van der Waals surface area contributed by atoms with Crippen LogP contribution in [0.4, 0.5) is 0 Å². The first-order valence-electron chi connectivity index (χ1n) is 11.3. The predicted molar refractivity (Wildman–Crippen MR) is 140 cm³/mol. The quantitative estimate of drug-likeness (QED) is 0.272. The molecule has 0 atom stereocenters. The molecule has 154 valence electrons. The van der Waals surface area contributed by atoms with Gasteiger partial charge in [-0.2, -0.15) is 0 Å². The van der Waals surface area contributed by atoms with Crippen molar-refractivity contribution in [3.8, 4) is 22.3 Å². The molecule has 0 aliphatic rings.